The summed E-state index contributed by atoms with van der Waals surface area (Å²) in [5.74, 6) is -0.988. The average molecular weight is 440 g/mol. The van der Waals surface area contributed by atoms with E-state index in [1.807, 2.05) is 13.8 Å². The lowest BCUT2D eigenvalue weighted by Gasteiger charge is -2.21. The molecule has 0 heterocycles. The number of allylic oxidation sites excluding steroid dienone is 1. The Kier molecular flexibility index (Phi) is 18.7. The fourth-order valence-electron chi connectivity index (χ4n) is 3.15. The minimum Gasteiger partial charge on any atom is -0.478 e. The van der Waals surface area contributed by atoms with Gasteiger partial charge in [0.2, 0.25) is 7.37 Å². The number of aliphatic carboxylic acids is 1. The number of nitrogens with zero attached hydrogens (tertiary/aromatic N) is 1. The summed E-state index contributed by atoms with van der Waals surface area (Å²) in [4.78, 5) is 23.9. The highest BCUT2D eigenvalue weighted by Gasteiger charge is 2.24. The van der Waals surface area contributed by atoms with Gasteiger partial charge in [0, 0.05) is 11.7 Å². The van der Waals surface area contributed by atoms with Crippen LogP contribution in [0.1, 0.15) is 79.1 Å². The van der Waals surface area contributed by atoms with E-state index in [2.05, 4.69) is 18.7 Å². The highest BCUT2D eigenvalue weighted by Crippen LogP contribution is 2.44. The number of carboxylic acids is 1. The van der Waals surface area contributed by atoms with Crippen molar-refractivity contribution < 1.29 is 19.4 Å². The van der Waals surface area contributed by atoms with Crippen molar-refractivity contribution in [1.29, 1.82) is 0 Å². The molecule has 0 aromatic heterocycles. The van der Waals surface area contributed by atoms with E-state index in [1.54, 1.807) is 6.08 Å². The minimum absolute atomic E-state index is 0. The minimum atomic E-state index is -3.41. The van der Waals surface area contributed by atoms with Crippen LogP contribution in [-0.4, -0.2) is 52.8 Å². The molecule has 0 rings (SSSR count). The van der Waals surface area contributed by atoms with E-state index in [0.29, 0.717) is 6.42 Å². The fraction of sp³-hybridized carbons (Fsp3) is 0.857. The van der Waals surface area contributed by atoms with E-state index in [1.165, 1.54) is 38.8 Å². The number of unbranched alkanes of at least 4 members (excludes halogenated alkanes) is 5. The Bertz CT molecular complexity index is 475. The molecule has 1 atom stereocenters. The molecule has 0 saturated carbocycles. The Hall–Kier alpha value is -0.350. The molecular formula is C21H43ClNO4P. The van der Waals surface area contributed by atoms with Gasteiger partial charge in [-0.2, -0.15) is 0 Å². The van der Waals surface area contributed by atoms with E-state index in [0.717, 1.165) is 25.8 Å². The van der Waals surface area contributed by atoms with E-state index >= 15 is 0 Å². The first-order valence-corrected chi connectivity index (χ1v) is 12.7. The maximum atomic E-state index is 12.2. The van der Waals surface area contributed by atoms with Gasteiger partial charge in [-0.1, -0.05) is 53.0 Å². The summed E-state index contributed by atoms with van der Waals surface area (Å²) < 4.78 is 12.2. The Morgan fingerprint density at radius 1 is 1.00 bits per heavy atom. The van der Waals surface area contributed by atoms with Crippen LogP contribution >= 0.6 is 19.8 Å². The molecule has 0 radical (unpaired) electrons. The number of carboxylic acid groups (broad SMARTS) is 1. The van der Waals surface area contributed by atoms with Crippen LogP contribution in [0, 0.1) is 5.92 Å². The molecular weight excluding hydrogens is 397 g/mol. The lowest BCUT2D eigenvalue weighted by Crippen LogP contribution is -2.27. The molecule has 0 aromatic carbocycles. The largest absolute Gasteiger partial charge is 0.478 e. The van der Waals surface area contributed by atoms with Gasteiger partial charge < -0.3 is 14.9 Å². The van der Waals surface area contributed by atoms with E-state index in [4.69, 9.17) is 0 Å². The molecule has 0 amide bonds. The van der Waals surface area contributed by atoms with Gasteiger partial charge in [-0.25, -0.2) is 4.79 Å². The van der Waals surface area contributed by atoms with Crippen LogP contribution in [-0.2, 0) is 9.36 Å². The quantitative estimate of drug-likeness (QED) is 0.170. The first-order chi connectivity index (χ1) is 12.7. The molecule has 0 fully saturated rings. The standard InChI is InChI=1S/C21H42NO4P.ClH/c1-5-7-14-22(15-8-6-2)16-12-10-9-11-13-20(21(23)24)18-27(25,26)17-19(3)4;/h13,19H,5-12,14-18H2,1-4H3,(H,23,24)(H,25,26);1H/b20-13+;. The van der Waals surface area contributed by atoms with Crippen molar-refractivity contribution in [1.82, 2.24) is 4.90 Å². The van der Waals surface area contributed by atoms with Gasteiger partial charge in [-0.15, -0.1) is 12.4 Å². The van der Waals surface area contributed by atoms with Crippen molar-refractivity contribution in [2.75, 3.05) is 32.0 Å². The van der Waals surface area contributed by atoms with Gasteiger partial charge in [0.1, 0.15) is 0 Å². The van der Waals surface area contributed by atoms with Gasteiger partial charge in [0.15, 0.2) is 0 Å². The van der Waals surface area contributed by atoms with Crippen LogP contribution in [0.5, 0.6) is 0 Å². The molecule has 0 aliphatic rings. The molecule has 7 heteroatoms. The molecule has 0 aromatic rings. The Balaban J connectivity index is 0. The lowest BCUT2D eigenvalue weighted by molar-refractivity contribution is -0.132. The second-order valence-electron chi connectivity index (χ2n) is 8.01. The monoisotopic (exact) mass is 439 g/mol. The summed E-state index contributed by atoms with van der Waals surface area (Å²) in [6.45, 7) is 11.6. The maximum absolute atomic E-state index is 12.2. The Morgan fingerprint density at radius 2 is 1.54 bits per heavy atom. The summed E-state index contributed by atoms with van der Waals surface area (Å²) in [6, 6.07) is 0. The van der Waals surface area contributed by atoms with Gasteiger partial charge >= 0.3 is 5.97 Å². The molecule has 5 nitrogen and oxygen atoms in total. The van der Waals surface area contributed by atoms with Crippen molar-refractivity contribution >= 4 is 25.7 Å². The van der Waals surface area contributed by atoms with Crippen LogP contribution in [0.3, 0.4) is 0 Å². The highest BCUT2D eigenvalue weighted by atomic mass is 35.5. The molecule has 28 heavy (non-hydrogen) atoms. The van der Waals surface area contributed by atoms with Gasteiger partial charge in [0.05, 0.1) is 6.16 Å². The Morgan fingerprint density at radius 3 is 2.00 bits per heavy atom. The highest BCUT2D eigenvalue weighted by molar-refractivity contribution is 7.58. The second kappa shape index (κ2) is 17.5. The van der Waals surface area contributed by atoms with E-state index < -0.39 is 13.3 Å². The smallest absolute Gasteiger partial charge is 0.331 e. The summed E-state index contributed by atoms with van der Waals surface area (Å²) in [6.07, 6.45) is 10.3. The van der Waals surface area contributed by atoms with Crippen molar-refractivity contribution in [2.24, 2.45) is 5.92 Å². The fourth-order valence-corrected chi connectivity index (χ4v) is 5.22. The van der Waals surface area contributed by atoms with Crippen LogP contribution in [0.25, 0.3) is 0 Å². The number of rotatable bonds is 17. The summed E-state index contributed by atoms with van der Waals surface area (Å²) in [7, 11) is -3.41. The van der Waals surface area contributed by atoms with E-state index in [9.17, 15) is 19.4 Å². The third kappa shape index (κ3) is 16.6. The van der Waals surface area contributed by atoms with Gasteiger partial charge in [-0.3, -0.25) is 4.57 Å². The normalized spacial score (nSPS) is 14.2. The molecule has 0 spiro atoms. The van der Waals surface area contributed by atoms with Crippen LogP contribution < -0.4 is 0 Å². The summed E-state index contributed by atoms with van der Waals surface area (Å²) in [5, 5.41) is 9.30. The van der Waals surface area contributed by atoms with Crippen LogP contribution in [0.4, 0.5) is 0 Å². The van der Waals surface area contributed by atoms with Crippen molar-refractivity contribution in [3.05, 3.63) is 11.6 Å². The van der Waals surface area contributed by atoms with Crippen LogP contribution in [0.2, 0.25) is 0 Å². The number of carbonyl (C=O) groups is 1. The van der Waals surface area contributed by atoms with Crippen molar-refractivity contribution in [3.63, 3.8) is 0 Å². The molecule has 2 N–H and O–H groups in total. The molecule has 0 aliphatic carbocycles. The zero-order chi connectivity index (χ0) is 20.7. The molecule has 0 bridgehead atoms. The van der Waals surface area contributed by atoms with E-state index in [-0.39, 0.29) is 36.2 Å². The summed E-state index contributed by atoms with van der Waals surface area (Å²) >= 11 is 0. The van der Waals surface area contributed by atoms with Gasteiger partial charge in [-0.05, 0) is 57.7 Å². The number of halogens is 1. The van der Waals surface area contributed by atoms with Crippen molar-refractivity contribution in [3.8, 4) is 0 Å². The predicted octanol–water partition coefficient (Wildman–Crippen LogP) is 5.81. The molecule has 1 unspecified atom stereocenters. The second-order valence-corrected chi connectivity index (χ2v) is 10.4. The lowest BCUT2D eigenvalue weighted by atomic mass is 10.1. The first kappa shape index (κ1) is 29.8. The Labute approximate surface area is 178 Å². The average Bonchev–Trinajstić information content (AvgIpc) is 2.56. The molecule has 0 saturated heterocycles. The maximum Gasteiger partial charge on any atom is 0.331 e. The van der Waals surface area contributed by atoms with Crippen molar-refractivity contribution in [2.45, 2.75) is 79.1 Å². The zero-order valence-corrected chi connectivity index (χ0v) is 20.1. The third-order valence-corrected chi connectivity index (χ3v) is 6.70. The molecule has 0 aliphatic heterocycles. The van der Waals surface area contributed by atoms with Crippen LogP contribution in [0.15, 0.2) is 11.6 Å². The number of hydrogen-bond acceptors (Lipinski definition) is 3. The zero-order valence-electron chi connectivity index (χ0n) is 18.4. The topological polar surface area (TPSA) is 77.8 Å². The SMILES string of the molecule is CCCCN(CCCC)CCCCC/C=C(\CP(=O)(O)CC(C)C)C(=O)O.Cl. The predicted molar refractivity (Wildman–Crippen MR) is 122 cm³/mol. The molecule has 168 valence electrons. The van der Waals surface area contributed by atoms with Gasteiger partial charge in [0.25, 0.3) is 0 Å². The number of hydrogen-bond donors (Lipinski definition) is 2. The first-order valence-electron chi connectivity index (χ1n) is 10.7. The summed E-state index contributed by atoms with van der Waals surface area (Å²) in [5.41, 5.74) is 0.0917. The third-order valence-electron chi connectivity index (χ3n) is 4.57.